The van der Waals surface area contributed by atoms with Crippen LogP contribution in [-0.2, 0) is 26.2 Å². The molecule has 3 aromatic carbocycles. The monoisotopic (exact) mass is 617 g/mol. The molecule has 0 heterocycles. The van der Waals surface area contributed by atoms with Gasteiger partial charge in [-0.2, -0.15) is 0 Å². The Morgan fingerprint density at radius 1 is 0.929 bits per heavy atom. The third-order valence-corrected chi connectivity index (χ3v) is 8.81. The maximum atomic E-state index is 14.1. The minimum absolute atomic E-state index is 0.0517. The summed E-state index contributed by atoms with van der Waals surface area (Å²) < 4.78 is 47.9. The van der Waals surface area contributed by atoms with Crippen LogP contribution in [0.1, 0.15) is 46.1 Å². The van der Waals surface area contributed by atoms with Crippen LogP contribution < -0.4 is 14.4 Å². The fraction of sp³-hybridized carbons (Fsp3) is 0.355. The maximum Gasteiger partial charge on any atom is 0.264 e. The molecule has 2 amide bonds. The van der Waals surface area contributed by atoms with Gasteiger partial charge in [0, 0.05) is 17.6 Å². The highest BCUT2D eigenvalue weighted by atomic mass is 35.5. The Hall–Kier alpha value is -3.63. The molecule has 2 unspecified atom stereocenters. The first-order chi connectivity index (χ1) is 20.0. The van der Waals surface area contributed by atoms with Gasteiger partial charge >= 0.3 is 0 Å². The number of sulfonamides is 1. The Morgan fingerprint density at radius 2 is 1.55 bits per heavy atom. The van der Waals surface area contributed by atoms with Crippen LogP contribution in [0.3, 0.4) is 0 Å². The molecule has 0 aromatic heterocycles. The van der Waals surface area contributed by atoms with Crippen molar-refractivity contribution in [2.45, 2.75) is 64.1 Å². The SMILES string of the molecule is CCOc1ccc(N(CC(=O)N(Cc2ccc(Cl)cc2)C(CC)C(=O)NC(C)CC)S(=O)(=O)c2ccc(F)cc2)cc1. The van der Waals surface area contributed by atoms with Crippen LogP contribution in [0.25, 0.3) is 0 Å². The van der Waals surface area contributed by atoms with Crippen molar-refractivity contribution < 1.29 is 27.1 Å². The zero-order chi connectivity index (χ0) is 30.9. The second kappa shape index (κ2) is 15.0. The minimum Gasteiger partial charge on any atom is -0.494 e. The van der Waals surface area contributed by atoms with E-state index in [1.807, 2.05) is 20.8 Å². The highest BCUT2D eigenvalue weighted by Gasteiger charge is 2.34. The predicted molar refractivity (Wildman–Crippen MR) is 163 cm³/mol. The molecule has 11 heteroatoms. The van der Waals surface area contributed by atoms with Gasteiger partial charge in [-0.25, -0.2) is 12.8 Å². The highest BCUT2D eigenvalue weighted by Crippen LogP contribution is 2.27. The van der Waals surface area contributed by atoms with E-state index in [4.69, 9.17) is 16.3 Å². The number of hydrogen-bond donors (Lipinski definition) is 1. The number of hydrogen-bond acceptors (Lipinski definition) is 5. The lowest BCUT2D eigenvalue weighted by Gasteiger charge is -2.33. The molecule has 0 fully saturated rings. The van der Waals surface area contributed by atoms with Gasteiger partial charge in [-0.1, -0.05) is 37.6 Å². The summed E-state index contributed by atoms with van der Waals surface area (Å²) in [5, 5.41) is 3.46. The molecule has 0 saturated heterocycles. The number of amides is 2. The lowest BCUT2D eigenvalue weighted by molar-refractivity contribution is -0.140. The summed E-state index contributed by atoms with van der Waals surface area (Å²) in [5.74, 6) is -0.979. The lowest BCUT2D eigenvalue weighted by atomic mass is 10.1. The van der Waals surface area contributed by atoms with Crippen molar-refractivity contribution in [1.82, 2.24) is 10.2 Å². The molecule has 0 aliphatic carbocycles. The summed E-state index contributed by atoms with van der Waals surface area (Å²) in [6, 6.07) is 16.6. The zero-order valence-corrected chi connectivity index (χ0v) is 25.8. The molecule has 0 aliphatic heterocycles. The first-order valence-corrected chi connectivity index (χ1v) is 15.7. The highest BCUT2D eigenvalue weighted by molar-refractivity contribution is 7.92. The normalized spacial score (nSPS) is 12.7. The summed E-state index contributed by atoms with van der Waals surface area (Å²) in [4.78, 5) is 28.6. The number of anilines is 1. The van der Waals surface area contributed by atoms with Crippen LogP contribution in [0.4, 0.5) is 10.1 Å². The minimum atomic E-state index is -4.32. The van der Waals surface area contributed by atoms with Crippen LogP contribution in [0.5, 0.6) is 5.75 Å². The van der Waals surface area contributed by atoms with Crippen molar-refractivity contribution in [3.05, 3.63) is 89.2 Å². The average molecular weight is 618 g/mol. The Kier molecular flexibility index (Phi) is 11.8. The molecule has 8 nitrogen and oxygen atoms in total. The molecule has 0 saturated carbocycles. The van der Waals surface area contributed by atoms with Gasteiger partial charge in [0.25, 0.3) is 10.0 Å². The van der Waals surface area contributed by atoms with Crippen molar-refractivity contribution in [2.75, 3.05) is 17.5 Å². The van der Waals surface area contributed by atoms with E-state index in [1.54, 1.807) is 43.3 Å². The molecule has 226 valence electrons. The van der Waals surface area contributed by atoms with Gasteiger partial charge in [0.15, 0.2) is 0 Å². The lowest BCUT2D eigenvalue weighted by Crippen LogP contribution is -2.53. The zero-order valence-electron chi connectivity index (χ0n) is 24.2. The van der Waals surface area contributed by atoms with E-state index in [-0.39, 0.29) is 29.1 Å². The van der Waals surface area contributed by atoms with Gasteiger partial charge < -0.3 is 15.0 Å². The van der Waals surface area contributed by atoms with Gasteiger partial charge in [0.1, 0.15) is 24.2 Å². The first kappa shape index (κ1) is 32.9. The fourth-order valence-corrected chi connectivity index (χ4v) is 5.83. The van der Waals surface area contributed by atoms with Gasteiger partial charge in [-0.15, -0.1) is 0 Å². The summed E-state index contributed by atoms with van der Waals surface area (Å²) in [7, 11) is -4.32. The number of halogens is 2. The van der Waals surface area contributed by atoms with Crippen LogP contribution in [-0.4, -0.2) is 50.4 Å². The van der Waals surface area contributed by atoms with E-state index in [9.17, 15) is 22.4 Å². The van der Waals surface area contributed by atoms with E-state index in [1.165, 1.54) is 17.0 Å². The number of benzene rings is 3. The van der Waals surface area contributed by atoms with Gasteiger partial charge in [-0.05, 0) is 92.9 Å². The van der Waals surface area contributed by atoms with E-state index >= 15 is 0 Å². The molecular formula is C31H37ClFN3O5S. The standard InChI is InChI=1S/C31H37ClFN3O5S/c1-5-22(4)34-31(38)29(6-2)35(20-23-8-10-24(32)11-9-23)30(37)21-36(26-14-16-27(17-15-26)41-7-3)42(39,40)28-18-12-25(33)13-19-28/h8-19,22,29H,5-7,20-21H2,1-4H3,(H,34,38). The molecule has 42 heavy (non-hydrogen) atoms. The molecule has 3 rings (SSSR count). The Bertz CT molecular complexity index is 1430. The Balaban J connectivity index is 2.05. The molecule has 1 N–H and O–H groups in total. The summed E-state index contributed by atoms with van der Waals surface area (Å²) in [5.41, 5.74) is 0.927. The van der Waals surface area contributed by atoms with Crippen molar-refractivity contribution in [2.24, 2.45) is 0 Å². The topological polar surface area (TPSA) is 96.0 Å². The second-order valence-corrected chi connectivity index (χ2v) is 12.1. The van der Waals surface area contributed by atoms with Gasteiger partial charge in [0.2, 0.25) is 11.8 Å². The molecular weight excluding hydrogens is 581 g/mol. The van der Waals surface area contributed by atoms with E-state index < -0.39 is 34.3 Å². The van der Waals surface area contributed by atoms with Crippen molar-refractivity contribution >= 4 is 39.1 Å². The first-order valence-electron chi connectivity index (χ1n) is 13.9. The van der Waals surface area contributed by atoms with Crippen LogP contribution in [0.2, 0.25) is 5.02 Å². The van der Waals surface area contributed by atoms with Gasteiger partial charge in [-0.3, -0.25) is 13.9 Å². The quantitative estimate of drug-likeness (QED) is 0.247. The van der Waals surface area contributed by atoms with Crippen LogP contribution in [0.15, 0.2) is 77.7 Å². The third-order valence-electron chi connectivity index (χ3n) is 6.77. The summed E-state index contributed by atoms with van der Waals surface area (Å²) in [6.45, 7) is 7.31. The van der Waals surface area contributed by atoms with E-state index in [0.717, 1.165) is 34.1 Å². The van der Waals surface area contributed by atoms with E-state index in [2.05, 4.69) is 5.32 Å². The predicted octanol–water partition coefficient (Wildman–Crippen LogP) is 5.80. The number of rotatable bonds is 14. The smallest absolute Gasteiger partial charge is 0.264 e. The van der Waals surface area contributed by atoms with E-state index in [0.29, 0.717) is 30.2 Å². The van der Waals surface area contributed by atoms with Crippen molar-refractivity contribution in [3.8, 4) is 5.75 Å². The second-order valence-electron chi connectivity index (χ2n) is 9.78. The fourth-order valence-electron chi connectivity index (χ4n) is 4.28. The average Bonchev–Trinajstić information content (AvgIpc) is 2.97. The molecule has 0 spiro atoms. The number of nitrogens with one attached hydrogen (secondary N) is 1. The van der Waals surface area contributed by atoms with Crippen molar-refractivity contribution in [1.29, 1.82) is 0 Å². The van der Waals surface area contributed by atoms with Crippen molar-refractivity contribution in [3.63, 3.8) is 0 Å². The van der Waals surface area contributed by atoms with Crippen LogP contribution in [0, 0.1) is 5.82 Å². The third kappa shape index (κ3) is 8.45. The number of carbonyl (C=O) groups is 2. The molecule has 0 radical (unpaired) electrons. The molecule has 0 aliphatic rings. The molecule has 0 bridgehead atoms. The Labute approximate surface area is 252 Å². The number of ether oxygens (including phenoxy) is 1. The summed E-state index contributed by atoms with van der Waals surface area (Å²) in [6.07, 6.45) is 1.00. The maximum absolute atomic E-state index is 14.1. The Morgan fingerprint density at radius 3 is 2.10 bits per heavy atom. The number of nitrogens with zero attached hydrogens (tertiary/aromatic N) is 2. The summed E-state index contributed by atoms with van der Waals surface area (Å²) >= 11 is 6.06. The van der Waals surface area contributed by atoms with Crippen LogP contribution >= 0.6 is 11.6 Å². The largest absolute Gasteiger partial charge is 0.494 e. The molecule has 2 atom stereocenters. The number of carbonyl (C=O) groups excluding carboxylic acids is 2. The van der Waals surface area contributed by atoms with Gasteiger partial charge in [0.05, 0.1) is 17.2 Å². The molecule has 3 aromatic rings.